The number of hydrogen-bond donors (Lipinski definition) is 0. The van der Waals surface area contributed by atoms with E-state index in [0.717, 1.165) is 18.4 Å². The number of hydrogen-bond acceptors (Lipinski definition) is 2. The topological polar surface area (TPSA) is 34.1 Å². The molecule has 20 heavy (non-hydrogen) atoms. The highest BCUT2D eigenvalue weighted by atomic mass is 35.5. The SMILES string of the molecule is CC(=O)C(=O)C1(c2cccc(Cl)c2)CC([Si](C)(C)C)C1. The molecule has 4 heteroatoms. The molecule has 1 aliphatic carbocycles. The largest absolute Gasteiger partial charge is 0.291 e. The van der Waals surface area contributed by atoms with E-state index in [0.29, 0.717) is 10.6 Å². The van der Waals surface area contributed by atoms with Gasteiger partial charge in [-0.05, 0) is 36.1 Å². The zero-order chi connectivity index (χ0) is 15.1. The van der Waals surface area contributed by atoms with Gasteiger partial charge in [-0.15, -0.1) is 0 Å². The van der Waals surface area contributed by atoms with Crippen molar-refractivity contribution in [3.05, 3.63) is 34.9 Å². The van der Waals surface area contributed by atoms with Crippen molar-refractivity contribution in [1.29, 1.82) is 0 Å². The van der Waals surface area contributed by atoms with Crippen LogP contribution in [0.25, 0.3) is 0 Å². The third-order valence-corrected chi connectivity index (χ3v) is 7.64. The molecule has 0 radical (unpaired) electrons. The minimum Gasteiger partial charge on any atom is -0.291 e. The highest BCUT2D eigenvalue weighted by molar-refractivity contribution is 6.78. The molecular formula is C16H21ClO2Si. The van der Waals surface area contributed by atoms with Gasteiger partial charge in [0.1, 0.15) is 0 Å². The van der Waals surface area contributed by atoms with Crippen LogP contribution >= 0.6 is 11.6 Å². The summed E-state index contributed by atoms with van der Waals surface area (Å²) in [5.74, 6) is -0.603. The van der Waals surface area contributed by atoms with Crippen LogP contribution in [0, 0.1) is 0 Å². The van der Waals surface area contributed by atoms with E-state index in [4.69, 9.17) is 11.6 Å². The summed E-state index contributed by atoms with van der Waals surface area (Å²) in [6.45, 7) is 8.32. The van der Waals surface area contributed by atoms with Gasteiger partial charge in [0.25, 0.3) is 0 Å². The van der Waals surface area contributed by atoms with Crippen LogP contribution in [0.4, 0.5) is 0 Å². The van der Waals surface area contributed by atoms with E-state index >= 15 is 0 Å². The maximum atomic E-state index is 12.5. The Balaban J connectivity index is 2.39. The molecule has 1 aromatic carbocycles. The van der Waals surface area contributed by atoms with Gasteiger partial charge in [0.15, 0.2) is 5.78 Å². The van der Waals surface area contributed by atoms with Gasteiger partial charge >= 0.3 is 0 Å². The summed E-state index contributed by atoms with van der Waals surface area (Å²) in [5, 5.41) is 0.620. The van der Waals surface area contributed by atoms with Crippen molar-refractivity contribution in [3.63, 3.8) is 0 Å². The van der Waals surface area contributed by atoms with Crippen LogP contribution in [0.15, 0.2) is 24.3 Å². The zero-order valence-corrected chi connectivity index (χ0v) is 14.3. The second-order valence-corrected chi connectivity index (χ2v) is 12.9. The zero-order valence-electron chi connectivity index (χ0n) is 12.5. The Morgan fingerprint density at radius 3 is 2.30 bits per heavy atom. The molecule has 108 valence electrons. The second kappa shape index (κ2) is 5.12. The quantitative estimate of drug-likeness (QED) is 0.616. The van der Waals surface area contributed by atoms with E-state index in [1.807, 2.05) is 18.2 Å². The highest BCUT2D eigenvalue weighted by Crippen LogP contribution is 2.56. The summed E-state index contributed by atoms with van der Waals surface area (Å²) in [6, 6.07) is 7.41. The fraction of sp³-hybridized carbons (Fsp3) is 0.500. The van der Waals surface area contributed by atoms with Crippen LogP contribution in [0.3, 0.4) is 0 Å². The van der Waals surface area contributed by atoms with Crippen molar-refractivity contribution >= 4 is 31.2 Å². The molecule has 2 nitrogen and oxygen atoms in total. The molecular weight excluding hydrogens is 288 g/mol. The summed E-state index contributed by atoms with van der Waals surface area (Å²) >= 11 is 6.05. The first-order valence-corrected chi connectivity index (χ1v) is 10.9. The minimum absolute atomic E-state index is 0.255. The number of ketones is 2. The molecule has 0 aromatic heterocycles. The Kier molecular flexibility index (Phi) is 3.95. The van der Waals surface area contributed by atoms with Crippen molar-refractivity contribution in [3.8, 4) is 0 Å². The Morgan fingerprint density at radius 1 is 1.25 bits per heavy atom. The molecule has 1 aliphatic rings. The Bertz CT molecular complexity index is 554. The third-order valence-electron chi connectivity index (χ3n) is 4.55. The van der Waals surface area contributed by atoms with Gasteiger partial charge in [-0.3, -0.25) is 9.59 Å². The number of benzene rings is 1. The lowest BCUT2D eigenvalue weighted by Crippen LogP contribution is -2.53. The van der Waals surface area contributed by atoms with E-state index < -0.39 is 13.5 Å². The molecule has 0 bridgehead atoms. The molecule has 1 saturated carbocycles. The molecule has 2 rings (SSSR count). The van der Waals surface area contributed by atoms with E-state index in [9.17, 15) is 9.59 Å². The van der Waals surface area contributed by atoms with Crippen LogP contribution in [0.1, 0.15) is 25.3 Å². The smallest absolute Gasteiger partial charge is 0.208 e. The standard InChI is InChI=1S/C16H21ClO2Si/c1-11(18)15(19)16(9-14(10-16)20(2,3)4)12-6-5-7-13(17)8-12/h5-8,14H,9-10H2,1-4H3. The molecule has 0 saturated heterocycles. The van der Waals surface area contributed by atoms with E-state index in [2.05, 4.69) is 19.6 Å². The molecule has 0 aliphatic heterocycles. The van der Waals surface area contributed by atoms with Crippen LogP contribution in [-0.2, 0) is 15.0 Å². The molecule has 0 amide bonds. The fourth-order valence-corrected chi connectivity index (χ4v) is 5.18. The maximum absolute atomic E-state index is 12.5. The molecule has 0 N–H and O–H groups in total. The van der Waals surface area contributed by atoms with Crippen LogP contribution in [-0.4, -0.2) is 19.6 Å². The van der Waals surface area contributed by atoms with E-state index in [-0.39, 0.29) is 11.6 Å². The van der Waals surface area contributed by atoms with Gasteiger partial charge < -0.3 is 0 Å². The Hall–Kier alpha value is -0.933. The molecule has 0 unspecified atom stereocenters. The third kappa shape index (κ3) is 2.61. The average molecular weight is 309 g/mol. The lowest BCUT2D eigenvalue weighted by atomic mass is 9.60. The van der Waals surface area contributed by atoms with Crippen LogP contribution < -0.4 is 0 Å². The molecule has 1 fully saturated rings. The van der Waals surface area contributed by atoms with Crippen molar-refractivity contribution in [2.45, 2.75) is 50.4 Å². The fourth-order valence-electron chi connectivity index (χ4n) is 3.07. The van der Waals surface area contributed by atoms with Crippen molar-refractivity contribution in [1.82, 2.24) is 0 Å². The molecule has 0 heterocycles. The monoisotopic (exact) mass is 308 g/mol. The van der Waals surface area contributed by atoms with Gasteiger partial charge in [0.2, 0.25) is 5.78 Å². The maximum Gasteiger partial charge on any atom is 0.208 e. The molecule has 1 aromatic rings. The predicted molar refractivity (Wildman–Crippen MR) is 85.1 cm³/mol. The van der Waals surface area contributed by atoms with Crippen molar-refractivity contribution < 1.29 is 9.59 Å². The Labute approximate surface area is 126 Å². The number of Topliss-reactive ketones (excluding diaryl/α,β-unsaturated/α-hetero) is 2. The van der Waals surface area contributed by atoms with Crippen molar-refractivity contribution in [2.75, 3.05) is 0 Å². The van der Waals surface area contributed by atoms with Gasteiger partial charge in [-0.2, -0.15) is 0 Å². The predicted octanol–water partition coefficient (Wildman–Crippen LogP) is 4.24. The lowest BCUT2D eigenvalue weighted by Gasteiger charge is -2.51. The normalized spacial score (nSPS) is 25.9. The summed E-state index contributed by atoms with van der Waals surface area (Å²) in [6.07, 6.45) is 1.59. The number of rotatable bonds is 4. The van der Waals surface area contributed by atoms with Gasteiger partial charge in [0, 0.05) is 20.0 Å². The first kappa shape index (κ1) is 15.5. The number of carbonyl (C=O) groups is 2. The average Bonchev–Trinajstić information content (AvgIpc) is 2.25. The second-order valence-electron chi connectivity index (χ2n) is 6.95. The summed E-state index contributed by atoms with van der Waals surface area (Å²) in [5.41, 5.74) is 0.867. The van der Waals surface area contributed by atoms with Crippen molar-refractivity contribution in [2.24, 2.45) is 0 Å². The summed E-state index contributed by atoms with van der Waals surface area (Å²) < 4.78 is 0. The highest BCUT2D eigenvalue weighted by Gasteiger charge is 2.55. The van der Waals surface area contributed by atoms with Crippen LogP contribution in [0.5, 0.6) is 0 Å². The lowest BCUT2D eigenvalue weighted by molar-refractivity contribution is -0.141. The van der Waals surface area contributed by atoms with Gasteiger partial charge in [0.05, 0.1) is 5.41 Å². The Morgan fingerprint density at radius 2 is 1.85 bits per heavy atom. The first-order chi connectivity index (χ1) is 9.17. The van der Waals surface area contributed by atoms with Gasteiger partial charge in [-0.1, -0.05) is 43.4 Å². The van der Waals surface area contributed by atoms with E-state index in [1.54, 1.807) is 6.07 Å². The van der Waals surface area contributed by atoms with Crippen LogP contribution in [0.2, 0.25) is 30.2 Å². The first-order valence-electron chi connectivity index (χ1n) is 6.98. The molecule has 0 atom stereocenters. The molecule has 0 spiro atoms. The van der Waals surface area contributed by atoms with Gasteiger partial charge in [-0.25, -0.2) is 0 Å². The number of halogens is 1. The summed E-state index contributed by atoms with van der Waals surface area (Å²) in [7, 11) is -1.29. The number of carbonyl (C=O) groups excluding carboxylic acids is 2. The summed E-state index contributed by atoms with van der Waals surface area (Å²) in [4.78, 5) is 24.1. The minimum atomic E-state index is -1.29. The van der Waals surface area contributed by atoms with E-state index in [1.165, 1.54) is 6.92 Å².